The van der Waals surface area contributed by atoms with Crippen LogP contribution in [0.25, 0.3) is 0 Å². The minimum atomic E-state index is -0.291. The number of carbonyl (C=O) groups is 1. The largest absolute Gasteiger partial charge is 0.504 e. The van der Waals surface area contributed by atoms with Gasteiger partial charge in [0.15, 0.2) is 17.3 Å². The van der Waals surface area contributed by atoms with Crippen molar-refractivity contribution in [3.63, 3.8) is 0 Å². The van der Waals surface area contributed by atoms with Crippen LogP contribution in [0.2, 0.25) is 0 Å². The zero-order valence-corrected chi connectivity index (χ0v) is 10.0. The number of hydrogen-bond donors (Lipinski definition) is 3. The molecule has 98 valence electrons. The van der Waals surface area contributed by atoms with Gasteiger partial charge in [-0.2, -0.15) is 0 Å². The van der Waals surface area contributed by atoms with Gasteiger partial charge >= 0.3 is 0 Å². The minimum absolute atomic E-state index is 0.0552. The maximum atomic E-state index is 12.0. The van der Waals surface area contributed by atoms with Crippen LogP contribution in [0.5, 0.6) is 11.5 Å². The normalized spacial score (nSPS) is 20.2. The van der Waals surface area contributed by atoms with Crippen molar-refractivity contribution in [3.8, 4) is 11.5 Å². The zero-order valence-electron chi connectivity index (χ0n) is 10.0. The van der Waals surface area contributed by atoms with Gasteiger partial charge in [-0.25, -0.2) is 0 Å². The van der Waals surface area contributed by atoms with Gasteiger partial charge < -0.3 is 15.3 Å². The van der Waals surface area contributed by atoms with Crippen LogP contribution >= 0.6 is 0 Å². The lowest BCUT2D eigenvalue weighted by Crippen LogP contribution is -2.36. The fourth-order valence-corrected chi connectivity index (χ4v) is 2.28. The van der Waals surface area contributed by atoms with Gasteiger partial charge in [0.2, 0.25) is 0 Å². The van der Waals surface area contributed by atoms with Gasteiger partial charge in [0.05, 0.1) is 13.2 Å². The van der Waals surface area contributed by atoms with Crippen LogP contribution in [0, 0.1) is 0 Å². The molecule has 1 saturated heterocycles. The van der Waals surface area contributed by atoms with Gasteiger partial charge in [0.1, 0.15) is 0 Å². The number of ketones is 1. The van der Waals surface area contributed by atoms with E-state index in [1.165, 1.54) is 18.2 Å². The lowest BCUT2D eigenvalue weighted by atomic mass is 10.1. The van der Waals surface area contributed by atoms with Crippen molar-refractivity contribution in [2.45, 2.75) is 18.9 Å². The summed E-state index contributed by atoms with van der Waals surface area (Å²) in [6.45, 7) is 1.10. The summed E-state index contributed by atoms with van der Waals surface area (Å²) in [4.78, 5) is 14.0. The third kappa shape index (κ3) is 2.63. The summed E-state index contributed by atoms with van der Waals surface area (Å²) >= 11 is 0. The molecule has 0 spiro atoms. The van der Waals surface area contributed by atoms with Crippen LogP contribution in [-0.4, -0.2) is 51.7 Å². The SMILES string of the molecule is O=C(CN1CCCC1CO)c1ccc(O)c(O)c1. The molecule has 1 unspecified atom stereocenters. The molecule has 1 aliphatic rings. The molecule has 1 heterocycles. The first-order valence-corrected chi connectivity index (χ1v) is 6.02. The highest BCUT2D eigenvalue weighted by molar-refractivity contribution is 5.98. The summed E-state index contributed by atoms with van der Waals surface area (Å²) in [5.41, 5.74) is 0.369. The van der Waals surface area contributed by atoms with Crippen molar-refractivity contribution < 1.29 is 20.1 Å². The Morgan fingerprint density at radius 2 is 2.11 bits per heavy atom. The highest BCUT2D eigenvalue weighted by Crippen LogP contribution is 2.25. The number of phenolic OH excluding ortho intramolecular Hbond substituents is 2. The quantitative estimate of drug-likeness (QED) is 0.543. The molecule has 5 heteroatoms. The highest BCUT2D eigenvalue weighted by atomic mass is 16.3. The molecule has 0 amide bonds. The van der Waals surface area contributed by atoms with Crippen molar-refractivity contribution in [3.05, 3.63) is 23.8 Å². The van der Waals surface area contributed by atoms with E-state index in [-0.39, 0.29) is 36.5 Å². The van der Waals surface area contributed by atoms with Crippen LogP contribution in [0.1, 0.15) is 23.2 Å². The molecular formula is C13H17NO4. The number of phenols is 2. The fourth-order valence-electron chi connectivity index (χ4n) is 2.28. The Bertz CT molecular complexity index is 447. The molecule has 3 N–H and O–H groups in total. The Balaban J connectivity index is 2.05. The second kappa shape index (κ2) is 5.37. The summed E-state index contributed by atoms with van der Waals surface area (Å²) in [6.07, 6.45) is 1.89. The zero-order chi connectivity index (χ0) is 13.1. The number of benzene rings is 1. The van der Waals surface area contributed by atoms with E-state index in [2.05, 4.69) is 0 Å². The van der Waals surface area contributed by atoms with Crippen molar-refractivity contribution in [2.75, 3.05) is 19.7 Å². The second-order valence-corrected chi connectivity index (χ2v) is 4.58. The third-order valence-electron chi connectivity index (χ3n) is 3.35. The number of aromatic hydroxyl groups is 2. The smallest absolute Gasteiger partial charge is 0.176 e. The number of aliphatic hydroxyl groups is 1. The molecular weight excluding hydrogens is 234 g/mol. The van der Waals surface area contributed by atoms with Crippen LogP contribution in [-0.2, 0) is 0 Å². The molecule has 0 radical (unpaired) electrons. The Labute approximate surface area is 105 Å². The van der Waals surface area contributed by atoms with Gasteiger partial charge in [-0.15, -0.1) is 0 Å². The molecule has 5 nitrogen and oxygen atoms in total. The molecule has 2 rings (SSSR count). The molecule has 0 aliphatic carbocycles. The summed E-state index contributed by atoms with van der Waals surface area (Å²) < 4.78 is 0. The maximum Gasteiger partial charge on any atom is 0.176 e. The average molecular weight is 251 g/mol. The van der Waals surface area contributed by atoms with Gasteiger partial charge in [0, 0.05) is 11.6 Å². The van der Waals surface area contributed by atoms with E-state index in [1.807, 2.05) is 4.90 Å². The van der Waals surface area contributed by atoms with E-state index in [4.69, 9.17) is 0 Å². The first-order chi connectivity index (χ1) is 8.61. The molecule has 1 aromatic rings. The summed E-state index contributed by atoms with van der Waals surface area (Å²) in [7, 11) is 0. The third-order valence-corrected chi connectivity index (χ3v) is 3.35. The van der Waals surface area contributed by atoms with E-state index in [1.54, 1.807) is 0 Å². The van der Waals surface area contributed by atoms with E-state index in [0.29, 0.717) is 5.56 Å². The van der Waals surface area contributed by atoms with Crippen LogP contribution in [0.4, 0.5) is 0 Å². The Kier molecular flexibility index (Phi) is 3.84. The summed E-state index contributed by atoms with van der Waals surface area (Å²) in [5, 5.41) is 27.7. The molecule has 0 saturated carbocycles. The first kappa shape index (κ1) is 12.9. The molecule has 1 aliphatic heterocycles. The molecule has 1 aromatic carbocycles. The van der Waals surface area contributed by atoms with Crippen LogP contribution in [0.15, 0.2) is 18.2 Å². The average Bonchev–Trinajstić information content (AvgIpc) is 2.79. The van der Waals surface area contributed by atoms with Gasteiger partial charge in [-0.1, -0.05) is 0 Å². The Hall–Kier alpha value is -1.59. The number of carbonyl (C=O) groups excluding carboxylic acids is 1. The molecule has 1 atom stereocenters. The van der Waals surface area contributed by atoms with Crippen molar-refractivity contribution in [1.29, 1.82) is 0 Å². The van der Waals surface area contributed by atoms with Gasteiger partial charge in [-0.05, 0) is 37.6 Å². The molecule has 1 fully saturated rings. The first-order valence-electron chi connectivity index (χ1n) is 6.02. The fraction of sp³-hybridized carbons (Fsp3) is 0.462. The van der Waals surface area contributed by atoms with Crippen LogP contribution < -0.4 is 0 Å². The summed E-state index contributed by atoms with van der Waals surface area (Å²) in [6, 6.07) is 4.11. The lowest BCUT2D eigenvalue weighted by Gasteiger charge is -2.21. The number of rotatable bonds is 4. The summed E-state index contributed by atoms with van der Waals surface area (Å²) in [5.74, 6) is -0.646. The standard InChI is InChI=1S/C13H17NO4/c15-8-10-2-1-5-14(10)7-13(18)9-3-4-11(16)12(17)6-9/h3-4,6,10,15-17H,1-2,5,7-8H2. The number of likely N-dealkylation sites (tertiary alicyclic amines) is 1. The monoisotopic (exact) mass is 251 g/mol. The highest BCUT2D eigenvalue weighted by Gasteiger charge is 2.25. The van der Waals surface area contributed by atoms with E-state index >= 15 is 0 Å². The van der Waals surface area contributed by atoms with Gasteiger partial charge in [0.25, 0.3) is 0 Å². The van der Waals surface area contributed by atoms with E-state index < -0.39 is 0 Å². The second-order valence-electron chi connectivity index (χ2n) is 4.58. The Morgan fingerprint density at radius 3 is 2.78 bits per heavy atom. The molecule has 18 heavy (non-hydrogen) atoms. The molecule has 0 bridgehead atoms. The van der Waals surface area contributed by atoms with Crippen molar-refractivity contribution >= 4 is 5.78 Å². The predicted octanol–water partition coefficient (Wildman–Crippen LogP) is 0.737. The number of aliphatic hydroxyl groups excluding tert-OH is 1. The predicted molar refractivity (Wildman–Crippen MR) is 65.8 cm³/mol. The minimum Gasteiger partial charge on any atom is -0.504 e. The van der Waals surface area contributed by atoms with Crippen molar-refractivity contribution in [2.24, 2.45) is 0 Å². The van der Waals surface area contributed by atoms with E-state index in [0.717, 1.165) is 19.4 Å². The van der Waals surface area contributed by atoms with Crippen molar-refractivity contribution in [1.82, 2.24) is 4.90 Å². The number of nitrogens with zero attached hydrogens (tertiary/aromatic N) is 1. The Morgan fingerprint density at radius 1 is 1.33 bits per heavy atom. The number of Topliss-reactive ketones (excluding diaryl/α,β-unsaturated/α-hetero) is 1. The number of hydrogen-bond acceptors (Lipinski definition) is 5. The molecule has 0 aromatic heterocycles. The van der Waals surface area contributed by atoms with Crippen LogP contribution in [0.3, 0.4) is 0 Å². The van der Waals surface area contributed by atoms with E-state index in [9.17, 15) is 20.1 Å². The maximum absolute atomic E-state index is 12.0. The van der Waals surface area contributed by atoms with Gasteiger partial charge in [-0.3, -0.25) is 9.69 Å². The topological polar surface area (TPSA) is 81.0 Å². The lowest BCUT2D eigenvalue weighted by molar-refractivity contribution is 0.0887.